The molecule has 1 aromatic carbocycles. The molecule has 0 bridgehead atoms. The Morgan fingerprint density at radius 2 is 1.67 bits per heavy atom. The van der Waals surface area contributed by atoms with Crippen LogP contribution in [0, 0.1) is 12.3 Å². The fourth-order valence-electron chi connectivity index (χ4n) is 4.61. The van der Waals surface area contributed by atoms with Crippen LogP contribution in [0.4, 0.5) is 0 Å². The molecule has 1 saturated carbocycles. The molecular weight excluding hydrogens is 316 g/mol. The van der Waals surface area contributed by atoms with Crippen molar-refractivity contribution in [1.29, 1.82) is 0 Å². The van der Waals surface area contributed by atoms with Crippen molar-refractivity contribution in [3.8, 4) is 0 Å². The third-order valence-electron chi connectivity index (χ3n) is 5.69. The smallest absolute Gasteiger partial charge is 0.148 e. The number of benzene rings is 1. The average Bonchev–Trinajstić information content (AvgIpc) is 2.55. The van der Waals surface area contributed by atoms with Crippen molar-refractivity contribution < 1.29 is 9.59 Å². The monoisotopic (exact) mass is 344 g/mol. The number of rotatable bonds is 3. The quantitative estimate of drug-likeness (QED) is 0.749. The van der Waals surface area contributed by atoms with E-state index < -0.39 is 5.92 Å². The SMILES string of the molecule is CCc1cc(C)cc(CC)c1C1C(=O)CC2(CCCSC2)CC1=O. The molecule has 1 heterocycles. The van der Waals surface area contributed by atoms with Crippen molar-refractivity contribution in [3.63, 3.8) is 0 Å². The normalized spacial score (nSPS) is 27.7. The van der Waals surface area contributed by atoms with E-state index in [0.717, 1.165) is 37.0 Å². The standard InChI is InChI=1S/C21H28O2S/c1-4-15-9-14(3)10-16(5-2)19(15)20-17(22)11-21(12-18(20)23)7-6-8-24-13-21/h9-10,20H,4-8,11-13H2,1-3H3. The van der Waals surface area contributed by atoms with Gasteiger partial charge >= 0.3 is 0 Å². The lowest BCUT2D eigenvalue weighted by molar-refractivity contribution is -0.136. The summed E-state index contributed by atoms with van der Waals surface area (Å²) in [5.41, 5.74) is 4.60. The number of ketones is 2. The van der Waals surface area contributed by atoms with Gasteiger partial charge in [-0.05, 0) is 66.2 Å². The molecule has 0 amide bonds. The summed E-state index contributed by atoms with van der Waals surface area (Å²) in [4.78, 5) is 26.1. The molecule has 1 aliphatic heterocycles. The van der Waals surface area contributed by atoms with Crippen molar-refractivity contribution in [3.05, 3.63) is 34.4 Å². The number of aryl methyl sites for hydroxylation is 3. The number of hydrogen-bond donors (Lipinski definition) is 0. The average molecular weight is 345 g/mol. The van der Waals surface area contributed by atoms with Crippen LogP contribution in [0.5, 0.6) is 0 Å². The van der Waals surface area contributed by atoms with Gasteiger partial charge in [-0.2, -0.15) is 11.8 Å². The van der Waals surface area contributed by atoms with Crippen molar-refractivity contribution >= 4 is 23.3 Å². The van der Waals surface area contributed by atoms with Crippen molar-refractivity contribution in [1.82, 2.24) is 0 Å². The first-order chi connectivity index (χ1) is 11.5. The lowest BCUT2D eigenvalue weighted by Gasteiger charge is -2.41. The summed E-state index contributed by atoms with van der Waals surface area (Å²) >= 11 is 1.91. The highest BCUT2D eigenvalue weighted by atomic mass is 32.2. The van der Waals surface area contributed by atoms with Crippen LogP contribution in [0.3, 0.4) is 0 Å². The minimum atomic E-state index is -0.506. The molecule has 0 aromatic heterocycles. The van der Waals surface area contributed by atoms with E-state index in [4.69, 9.17) is 0 Å². The zero-order valence-corrected chi connectivity index (χ0v) is 15.9. The van der Waals surface area contributed by atoms with Gasteiger partial charge in [0.1, 0.15) is 17.5 Å². The number of carbonyl (C=O) groups excluding carboxylic acids is 2. The summed E-state index contributed by atoms with van der Waals surface area (Å²) in [5.74, 6) is 1.98. The first kappa shape index (κ1) is 17.7. The maximum Gasteiger partial charge on any atom is 0.148 e. The van der Waals surface area contributed by atoms with Gasteiger partial charge in [-0.3, -0.25) is 9.59 Å². The third kappa shape index (κ3) is 3.20. The molecule has 0 unspecified atom stereocenters. The Hall–Kier alpha value is -1.09. The summed E-state index contributed by atoms with van der Waals surface area (Å²) < 4.78 is 0. The molecule has 2 aliphatic rings. The fraction of sp³-hybridized carbons (Fsp3) is 0.619. The van der Waals surface area contributed by atoms with Crippen molar-refractivity contribution in [2.24, 2.45) is 5.41 Å². The summed E-state index contributed by atoms with van der Waals surface area (Å²) in [5, 5.41) is 0. The summed E-state index contributed by atoms with van der Waals surface area (Å²) in [6, 6.07) is 4.33. The van der Waals surface area contributed by atoms with Gasteiger partial charge in [0.05, 0.1) is 0 Å². The van der Waals surface area contributed by atoms with Crippen LogP contribution in [0.1, 0.15) is 67.7 Å². The molecule has 1 saturated heterocycles. The van der Waals surface area contributed by atoms with E-state index in [1.165, 1.54) is 22.4 Å². The fourth-order valence-corrected chi connectivity index (χ4v) is 5.88. The van der Waals surface area contributed by atoms with Gasteiger partial charge < -0.3 is 0 Å². The molecule has 2 nitrogen and oxygen atoms in total. The van der Waals surface area contributed by atoms with Crippen LogP contribution in [0.25, 0.3) is 0 Å². The molecule has 1 spiro atoms. The first-order valence-corrected chi connectivity index (χ1v) is 10.4. The molecule has 130 valence electrons. The molecule has 2 fully saturated rings. The Balaban J connectivity index is 1.99. The van der Waals surface area contributed by atoms with Crippen molar-refractivity contribution in [2.45, 2.75) is 65.2 Å². The molecule has 1 aromatic rings. The summed E-state index contributed by atoms with van der Waals surface area (Å²) in [6.45, 7) is 6.34. The Morgan fingerprint density at radius 1 is 1.08 bits per heavy atom. The lowest BCUT2D eigenvalue weighted by Crippen LogP contribution is -2.42. The molecule has 3 rings (SSSR count). The number of hydrogen-bond acceptors (Lipinski definition) is 3. The van der Waals surface area contributed by atoms with Crippen LogP contribution in [0.2, 0.25) is 0 Å². The minimum absolute atomic E-state index is 0.0446. The van der Waals surface area contributed by atoms with E-state index in [0.29, 0.717) is 12.8 Å². The topological polar surface area (TPSA) is 34.1 Å². The number of carbonyl (C=O) groups is 2. The molecule has 3 heteroatoms. The zero-order valence-electron chi connectivity index (χ0n) is 15.1. The van der Waals surface area contributed by atoms with E-state index in [2.05, 4.69) is 32.9 Å². The zero-order chi connectivity index (χ0) is 17.3. The maximum atomic E-state index is 13.1. The number of Topliss-reactive ketones (excluding diaryl/α,β-unsaturated/α-hetero) is 2. The highest BCUT2D eigenvalue weighted by molar-refractivity contribution is 7.99. The Morgan fingerprint density at radius 3 is 2.12 bits per heavy atom. The van der Waals surface area contributed by atoms with Crippen LogP contribution in [-0.4, -0.2) is 23.1 Å². The van der Waals surface area contributed by atoms with Gasteiger partial charge in [0.2, 0.25) is 0 Å². The molecule has 0 atom stereocenters. The van der Waals surface area contributed by atoms with E-state index in [-0.39, 0.29) is 17.0 Å². The third-order valence-corrected chi connectivity index (χ3v) is 7.09. The number of thioether (sulfide) groups is 1. The maximum absolute atomic E-state index is 13.1. The molecule has 0 N–H and O–H groups in total. The van der Waals surface area contributed by atoms with Crippen LogP contribution >= 0.6 is 11.8 Å². The Bertz CT molecular complexity index is 611. The summed E-state index contributed by atoms with van der Waals surface area (Å²) in [6.07, 6.45) is 5.12. The first-order valence-electron chi connectivity index (χ1n) is 9.25. The van der Waals surface area contributed by atoms with E-state index >= 15 is 0 Å². The van der Waals surface area contributed by atoms with Crippen molar-refractivity contribution in [2.75, 3.05) is 11.5 Å². The second kappa shape index (κ2) is 7.03. The summed E-state index contributed by atoms with van der Waals surface area (Å²) in [7, 11) is 0. The predicted octanol–water partition coefficient (Wildman–Crippen LogP) is 4.65. The molecule has 1 aliphatic carbocycles. The minimum Gasteiger partial charge on any atom is -0.298 e. The Kier molecular flexibility index (Phi) is 5.19. The predicted molar refractivity (Wildman–Crippen MR) is 101 cm³/mol. The lowest BCUT2D eigenvalue weighted by atomic mass is 9.65. The van der Waals surface area contributed by atoms with Gasteiger partial charge in [-0.1, -0.05) is 31.5 Å². The highest BCUT2D eigenvalue weighted by Gasteiger charge is 2.46. The van der Waals surface area contributed by atoms with E-state index in [9.17, 15) is 9.59 Å². The van der Waals surface area contributed by atoms with Gasteiger partial charge in [0.15, 0.2) is 0 Å². The van der Waals surface area contributed by atoms with Gasteiger partial charge in [-0.15, -0.1) is 0 Å². The second-order valence-electron chi connectivity index (χ2n) is 7.58. The molecule has 24 heavy (non-hydrogen) atoms. The Labute approximate surface area is 149 Å². The van der Waals surface area contributed by atoms with E-state index in [1.807, 2.05) is 11.8 Å². The van der Waals surface area contributed by atoms with Gasteiger partial charge in [0, 0.05) is 12.8 Å². The molecular formula is C21H28O2S. The van der Waals surface area contributed by atoms with Gasteiger partial charge in [0.25, 0.3) is 0 Å². The highest BCUT2D eigenvalue weighted by Crippen LogP contribution is 2.47. The largest absolute Gasteiger partial charge is 0.298 e. The molecule has 0 radical (unpaired) electrons. The van der Waals surface area contributed by atoms with Crippen LogP contribution in [-0.2, 0) is 22.4 Å². The van der Waals surface area contributed by atoms with Crippen LogP contribution < -0.4 is 0 Å². The van der Waals surface area contributed by atoms with Crippen LogP contribution in [0.15, 0.2) is 12.1 Å². The van der Waals surface area contributed by atoms with Gasteiger partial charge in [-0.25, -0.2) is 0 Å². The van der Waals surface area contributed by atoms with E-state index in [1.54, 1.807) is 0 Å². The second-order valence-corrected chi connectivity index (χ2v) is 8.68.